The van der Waals surface area contributed by atoms with Crippen LogP contribution >= 0.6 is 0 Å². The van der Waals surface area contributed by atoms with Gasteiger partial charge in [-0.1, -0.05) is 31.8 Å². The van der Waals surface area contributed by atoms with Gasteiger partial charge in [0.1, 0.15) is 12.3 Å². The average molecular weight is 566 g/mol. The third-order valence-electron chi connectivity index (χ3n) is 6.73. The number of carbonyl (C=O) groups is 1. The van der Waals surface area contributed by atoms with Gasteiger partial charge in [0.25, 0.3) is 0 Å². The largest absolute Gasteiger partial charge is 0.465 e. The molecule has 4 rings (SSSR count). The Bertz CT molecular complexity index is 1330. The van der Waals surface area contributed by atoms with Crippen LogP contribution in [-0.4, -0.2) is 69.6 Å². The molecule has 0 unspecified atom stereocenters. The van der Waals surface area contributed by atoms with Crippen molar-refractivity contribution in [3.63, 3.8) is 0 Å². The number of halogens is 3. The maximum atomic E-state index is 14.1. The minimum absolute atomic E-state index is 0.00509. The molecule has 3 N–H and O–H groups in total. The van der Waals surface area contributed by atoms with Gasteiger partial charge in [-0.2, -0.15) is 13.2 Å². The Morgan fingerprint density at radius 2 is 2.05 bits per heavy atom. The molecule has 13 heteroatoms. The van der Waals surface area contributed by atoms with E-state index in [0.717, 1.165) is 12.2 Å². The van der Waals surface area contributed by atoms with E-state index in [0.29, 0.717) is 42.5 Å². The first kappa shape index (κ1) is 28.8. The lowest BCUT2D eigenvalue weighted by Gasteiger charge is -2.31. The molecule has 3 aromatic rings. The van der Waals surface area contributed by atoms with Crippen LogP contribution in [0.5, 0.6) is 0 Å². The molecule has 3 heterocycles. The monoisotopic (exact) mass is 565 g/mol. The number of amides is 1. The number of nitrogens with one attached hydrogen (secondary N) is 1. The van der Waals surface area contributed by atoms with E-state index in [1.165, 1.54) is 4.90 Å². The summed E-state index contributed by atoms with van der Waals surface area (Å²) in [5, 5.41) is 22.5. The molecular formula is C26H34F3N5O4Si. The molecular weight excluding hydrogens is 531 g/mol. The number of anilines is 1. The first-order valence-corrected chi connectivity index (χ1v) is 16.6. The summed E-state index contributed by atoms with van der Waals surface area (Å²) in [6.45, 7) is 7.76. The van der Waals surface area contributed by atoms with Crippen molar-refractivity contribution in [2.75, 3.05) is 25.0 Å². The zero-order valence-electron chi connectivity index (χ0n) is 22.3. The third kappa shape index (κ3) is 7.08. The first-order chi connectivity index (χ1) is 18.4. The van der Waals surface area contributed by atoms with Gasteiger partial charge in [-0.15, -0.1) is 0 Å². The van der Waals surface area contributed by atoms with E-state index >= 15 is 0 Å². The number of aliphatic hydroxyl groups is 1. The number of hydrogen-bond donors (Lipinski definition) is 3. The Labute approximate surface area is 225 Å². The van der Waals surface area contributed by atoms with Crippen LogP contribution in [0.15, 0.2) is 30.6 Å². The van der Waals surface area contributed by atoms with Crippen molar-refractivity contribution in [2.24, 2.45) is 0 Å². The van der Waals surface area contributed by atoms with E-state index < -0.39 is 25.9 Å². The highest BCUT2D eigenvalue weighted by Crippen LogP contribution is 2.39. The predicted octanol–water partition coefficient (Wildman–Crippen LogP) is 5.48. The number of benzene rings is 1. The quantitative estimate of drug-likeness (QED) is 0.233. The van der Waals surface area contributed by atoms with Gasteiger partial charge in [0.15, 0.2) is 0 Å². The van der Waals surface area contributed by atoms with Crippen LogP contribution in [0.25, 0.3) is 22.2 Å². The summed E-state index contributed by atoms with van der Waals surface area (Å²) in [6, 6.07) is 5.69. The standard InChI is InChI=1S/C26H34F3N5O4Si/c1-39(2,3)10-9-38-16-34-14-20(19-7-6-17(15-35)11-22(19)34)23-21(26(27,28)29)12-30-24(32-23)31-18-5-4-8-33(13-18)25(36)37/h6-7,11-12,14,18,35H,4-5,8-10,13,15-16H2,1-3H3,(H,36,37)(H,30,31,32)/t18-/m0/s1. The Morgan fingerprint density at radius 3 is 2.72 bits per heavy atom. The summed E-state index contributed by atoms with van der Waals surface area (Å²) in [4.78, 5) is 20.9. The molecule has 0 saturated carbocycles. The Kier molecular flexibility index (Phi) is 8.52. The van der Waals surface area contributed by atoms with Gasteiger partial charge in [-0.25, -0.2) is 14.8 Å². The van der Waals surface area contributed by atoms with Gasteiger partial charge < -0.3 is 29.7 Å². The average Bonchev–Trinajstić information content (AvgIpc) is 3.23. The molecule has 0 radical (unpaired) electrons. The van der Waals surface area contributed by atoms with Crippen molar-refractivity contribution >= 4 is 31.0 Å². The molecule has 1 aliphatic rings. The van der Waals surface area contributed by atoms with E-state index in [1.54, 1.807) is 29.0 Å². The Balaban J connectivity index is 1.72. The molecule has 1 saturated heterocycles. The molecule has 212 valence electrons. The van der Waals surface area contributed by atoms with Gasteiger partial charge in [-0.3, -0.25) is 0 Å². The fourth-order valence-electron chi connectivity index (χ4n) is 4.59. The second kappa shape index (κ2) is 11.5. The highest BCUT2D eigenvalue weighted by Gasteiger charge is 2.36. The zero-order chi connectivity index (χ0) is 28.4. The van der Waals surface area contributed by atoms with Gasteiger partial charge in [-0.05, 0) is 30.5 Å². The number of fused-ring (bicyclic) bond motifs is 1. The third-order valence-corrected chi connectivity index (χ3v) is 8.43. The molecule has 1 aromatic carbocycles. The van der Waals surface area contributed by atoms with Crippen LogP contribution in [0.2, 0.25) is 25.7 Å². The second-order valence-corrected chi connectivity index (χ2v) is 16.7. The highest BCUT2D eigenvalue weighted by atomic mass is 28.3. The molecule has 1 amide bonds. The number of carboxylic acid groups (broad SMARTS) is 1. The summed E-state index contributed by atoms with van der Waals surface area (Å²) >= 11 is 0. The summed E-state index contributed by atoms with van der Waals surface area (Å²) < 4.78 is 50.0. The minimum atomic E-state index is -4.70. The number of aliphatic hydroxyl groups excluding tert-OH is 1. The van der Waals surface area contributed by atoms with E-state index in [9.17, 15) is 28.2 Å². The lowest BCUT2D eigenvalue weighted by Crippen LogP contribution is -2.44. The molecule has 1 atom stereocenters. The number of rotatable bonds is 9. The Hall–Kier alpha value is -3.16. The number of likely N-dealkylation sites (tertiary alicyclic amines) is 1. The summed E-state index contributed by atoms with van der Waals surface area (Å²) in [5.41, 5.74) is 0.242. The van der Waals surface area contributed by atoms with Gasteiger partial charge in [0.2, 0.25) is 5.95 Å². The maximum Gasteiger partial charge on any atom is 0.419 e. The topological polar surface area (TPSA) is 113 Å². The lowest BCUT2D eigenvalue weighted by atomic mass is 10.0. The van der Waals surface area contributed by atoms with Crippen LogP contribution in [0.3, 0.4) is 0 Å². The Morgan fingerprint density at radius 1 is 1.28 bits per heavy atom. The molecule has 1 fully saturated rings. The number of piperidine rings is 1. The fourth-order valence-corrected chi connectivity index (χ4v) is 5.34. The SMILES string of the molecule is C[Si](C)(C)CCOCn1cc(-c2nc(N[C@H]3CCCN(C(=O)O)C3)ncc2C(F)(F)F)c2ccc(CO)cc21. The van der Waals surface area contributed by atoms with Crippen LogP contribution in [0.1, 0.15) is 24.0 Å². The van der Waals surface area contributed by atoms with E-state index in [4.69, 9.17) is 4.74 Å². The van der Waals surface area contributed by atoms with Gasteiger partial charge >= 0.3 is 12.3 Å². The van der Waals surface area contributed by atoms with Crippen LogP contribution in [0, 0.1) is 0 Å². The maximum absolute atomic E-state index is 14.1. The molecule has 1 aliphatic heterocycles. The van der Waals surface area contributed by atoms with Crippen molar-refractivity contribution in [3.8, 4) is 11.3 Å². The fraction of sp³-hybridized carbons (Fsp3) is 0.500. The molecule has 0 aliphatic carbocycles. The summed E-state index contributed by atoms with van der Waals surface area (Å²) in [5.74, 6) is -0.00509. The number of nitrogens with zero attached hydrogens (tertiary/aromatic N) is 4. The van der Waals surface area contributed by atoms with Crippen molar-refractivity contribution in [1.29, 1.82) is 0 Å². The normalized spacial score (nSPS) is 16.6. The number of hydrogen-bond acceptors (Lipinski definition) is 6. The van der Waals surface area contributed by atoms with Crippen LogP contribution in [-0.2, 0) is 24.3 Å². The molecule has 39 heavy (non-hydrogen) atoms. The van der Waals surface area contributed by atoms with Crippen molar-refractivity contribution in [2.45, 2.75) is 64.1 Å². The number of ether oxygens (including phenoxy) is 1. The van der Waals surface area contributed by atoms with Crippen LogP contribution < -0.4 is 5.32 Å². The molecule has 9 nitrogen and oxygen atoms in total. The van der Waals surface area contributed by atoms with Gasteiger partial charge in [0.05, 0.1) is 17.8 Å². The minimum Gasteiger partial charge on any atom is -0.465 e. The van der Waals surface area contributed by atoms with Crippen molar-refractivity contribution in [3.05, 3.63) is 41.7 Å². The highest BCUT2D eigenvalue weighted by molar-refractivity contribution is 6.76. The number of aromatic nitrogens is 3. The lowest BCUT2D eigenvalue weighted by molar-refractivity contribution is -0.137. The van der Waals surface area contributed by atoms with Crippen molar-refractivity contribution < 1.29 is 32.9 Å². The molecule has 2 aromatic heterocycles. The van der Waals surface area contributed by atoms with E-state index in [2.05, 4.69) is 34.9 Å². The van der Waals surface area contributed by atoms with Crippen LogP contribution in [0.4, 0.5) is 23.9 Å². The molecule has 0 spiro atoms. The number of alkyl halides is 3. The first-order valence-electron chi connectivity index (χ1n) is 12.8. The smallest absolute Gasteiger partial charge is 0.419 e. The van der Waals surface area contributed by atoms with E-state index in [1.807, 2.05) is 0 Å². The summed E-state index contributed by atoms with van der Waals surface area (Å²) in [6.07, 6.45) is -2.13. The van der Waals surface area contributed by atoms with E-state index in [-0.39, 0.29) is 43.1 Å². The van der Waals surface area contributed by atoms with Gasteiger partial charge in [0, 0.05) is 57.2 Å². The van der Waals surface area contributed by atoms with Crippen molar-refractivity contribution in [1.82, 2.24) is 19.4 Å². The second-order valence-electron chi connectivity index (χ2n) is 11.0. The zero-order valence-corrected chi connectivity index (χ0v) is 23.3. The molecule has 0 bridgehead atoms. The predicted molar refractivity (Wildman–Crippen MR) is 144 cm³/mol. The summed E-state index contributed by atoms with van der Waals surface area (Å²) in [7, 11) is -1.33.